The molecule has 0 heterocycles. The molecule has 2 aliphatic carbocycles. The van der Waals surface area contributed by atoms with Gasteiger partial charge in [-0.25, -0.2) is 0 Å². The first-order valence-corrected chi connectivity index (χ1v) is 8.41. The summed E-state index contributed by atoms with van der Waals surface area (Å²) in [6.45, 7) is 1.08. The van der Waals surface area contributed by atoms with Crippen LogP contribution in [-0.2, 0) is 0 Å². The lowest BCUT2D eigenvalue weighted by molar-refractivity contribution is 0.444. The number of nitrogens with one attached hydrogen (secondary N) is 1. The van der Waals surface area contributed by atoms with E-state index in [9.17, 15) is 0 Å². The Bertz CT molecular complexity index is 308. The van der Waals surface area contributed by atoms with Gasteiger partial charge < -0.3 is 5.41 Å². The summed E-state index contributed by atoms with van der Waals surface area (Å²) in [5.41, 5.74) is 0.643. The van der Waals surface area contributed by atoms with Gasteiger partial charge in [-0.1, -0.05) is 38.5 Å². The van der Waals surface area contributed by atoms with Crippen LogP contribution in [0.25, 0.3) is 0 Å². The van der Waals surface area contributed by atoms with Crippen molar-refractivity contribution in [2.75, 3.05) is 13.1 Å². The second-order valence-electron chi connectivity index (χ2n) is 6.38. The van der Waals surface area contributed by atoms with Gasteiger partial charge in [0.15, 0.2) is 0 Å². The van der Waals surface area contributed by atoms with Crippen molar-refractivity contribution in [3.05, 3.63) is 0 Å². The van der Waals surface area contributed by atoms with Crippen LogP contribution < -0.4 is 0 Å². The first-order valence-electron chi connectivity index (χ1n) is 8.41. The van der Waals surface area contributed by atoms with Crippen LogP contribution in [0.3, 0.4) is 0 Å². The molecule has 0 atom stereocenters. The van der Waals surface area contributed by atoms with Crippen LogP contribution in [0, 0.1) is 17.2 Å². The highest BCUT2D eigenvalue weighted by molar-refractivity contribution is 5.87. The number of aliphatic imine (C=N–C) groups is 2. The van der Waals surface area contributed by atoms with E-state index < -0.39 is 0 Å². The summed E-state index contributed by atoms with van der Waals surface area (Å²) in [4.78, 5) is 8.87. The molecule has 2 saturated carbocycles. The summed E-state index contributed by atoms with van der Waals surface area (Å²) in [7, 11) is 0. The molecule has 21 heavy (non-hydrogen) atoms. The quantitative estimate of drug-likeness (QED) is 0.689. The van der Waals surface area contributed by atoms with Crippen molar-refractivity contribution in [2.45, 2.75) is 64.2 Å². The Kier molecular flexibility index (Phi) is 9.56. The Morgan fingerprint density at radius 3 is 1.52 bits per heavy atom. The number of nitrogens with zero attached hydrogens (tertiary/aromatic N) is 2. The van der Waals surface area contributed by atoms with Crippen molar-refractivity contribution in [3.63, 3.8) is 0 Å². The van der Waals surface area contributed by atoms with E-state index in [1.807, 2.05) is 0 Å². The predicted molar refractivity (Wildman–Crippen MR) is 94.8 cm³/mol. The maximum absolute atomic E-state index is 7.90. The lowest BCUT2D eigenvalue weighted by atomic mass is 9.90. The van der Waals surface area contributed by atoms with Gasteiger partial charge in [0, 0.05) is 12.4 Å². The first-order chi connectivity index (χ1) is 9.84. The molecular weight excluding hydrogens is 282 g/mol. The van der Waals surface area contributed by atoms with Crippen molar-refractivity contribution in [1.29, 1.82) is 5.41 Å². The summed E-state index contributed by atoms with van der Waals surface area (Å²) in [5.74, 6) is 1.34. The van der Waals surface area contributed by atoms with E-state index in [1.54, 1.807) is 0 Å². The van der Waals surface area contributed by atoms with E-state index in [0.29, 0.717) is 30.6 Å². The highest BCUT2D eigenvalue weighted by Crippen LogP contribution is 2.22. The van der Waals surface area contributed by atoms with E-state index in [0.717, 1.165) is 0 Å². The fourth-order valence-electron chi connectivity index (χ4n) is 3.24. The van der Waals surface area contributed by atoms with Gasteiger partial charge in [-0.15, -0.1) is 12.4 Å². The molecule has 4 heteroatoms. The van der Waals surface area contributed by atoms with E-state index in [4.69, 9.17) is 5.41 Å². The number of hydrogen-bond donors (Lipinski definition) is 1. The fraction of sp³-hybridized carbons (Fsp3) is 0.824. The molecule has 3 nitrogen and oxygen atoms in total. The molecule has 1 N–H and O–H groups in total. The van der Waals surface area contributed by atoms with Gasteiger partial charge in [0.05, 0.1) is 18.8 Å². The number of rotatable bonds is 6. The van der Waals surface area contributed by atoms with Crippen LogP contribution in [-0.4, -0.2) is 31.2 Å². The van der Waals surface area contributed by atoms with Gasteiger partial charge in [0.1, 0.15) is 0 Å². The smallest absolute Gasteiger partial charge is 0.0780 e. The topological polar surface area (TPSA) is 48.6 Å². The highest BCUT2D eigenvalue weighted by atomic mass is 35.5. The molecular formula is C17H30ClN3. The molecule has 2 fully saturated rings. The van der Waals surface area contributed by atoms with Gasteiger partial charge in [-0.3, -0.25) is 9.98 Å². The number of halogens is 1. The molecule has 120 valence electrons. The molecule has 0 aromatic carbocycles. The van der Waals surface area contributed by atoms with Crippen LogP contribution in [0.2, 0.25) is 0 Å². The molecule has 0 aromatic rings. The average molecular weight is 312 g/mol. The van der Waals surface area contributed by atoms with E-state index >= 15 is 0 Å². The van der Waals surface area contributed by atoms with E-state index in [-0.39, 0.29) is 12.4 Å². The zero-order valence-corrected chi connectivity index (χ0v) is 13.9. The third-order valence-corrected chi connectivity index (χ3v) is 4.50. The third-order valence-electron chi connectivity index (χ3n) is 4.50. The molecule has 0 amide bonds. The minimum absolute atomic E-state index is 0. The first kappa shape index (κ1) is 18.3. The van der Waals surface area contributed by atoms with Crippen LogP contribution >= 0.6 is 12.4 Å². The minimum Gasteiger partial charge on any atom is -0.306 e. The van der Waals surface area contributed by atoms with Gasteiger partial charge >= 0.3 is 0 Å². The SMILES string of the molecule is Cl.N=C(CN=CC1CCCCC1)CN=CC1CCCCC1. The zero-order valence-electron chi connectivity index (χ0n) is 13.1. The van der Waals surface area contributed by atoms with Crippen molar-refractivity contribution in [1.82, 2.24) is 0 Å². The molecule has 0 aromatic heterocycles. The fourth-order valence-corrected chi connectivity index (χ4v) is 3.24. The largest absolute Gasteiger partial charge is 0.306 e. The molecule has 0 bridgehead atoms. The van der Waals surface area contributed by atoms with Gasteiger partial charge in [0.25, 0.3) is 0 Å². The maximum atomic E-state index is 7.90. The van der Waals surface area contributed by atoms with Crippen molar-refractivity contribution < 1.29 is 0 Å². The molecule has 0 spiro atoms. The molecule has 0 radical (unpaired) electrons. The Hall–Kier alpha value is -0.700. The van der Waals surface area contributed by atoms with Crippen LogP contribution in [0.4, 0.5) is 0 Å². The van der Waals surface area contributed by atoms with E-state index in [1.165, 1.54) is 64.2 Å². The normalized spacial score (nSPS) is 21.7. The van der Waals surface area contributed by atoms with Crippen LogP contribution in [0.1, 0.15) is 64.2 Å². The molecule has 2 rings (SSSR count). The van der Waals surface area contributed by atoms with Gasteiger partial charge in [-0.2, -0.15) is 0 Å². The minimum atomic E-state index is 0. The number of hydrogen-bond acceptors (Lipinski definition) is 3. The van der Waals surface area contributed by atoms with Crippen molar-refractivity contribution >= 4 is 30.5 Å². The summed E-state index contributed by atoms with van der Waals surface area (Å²) < 4.78 is 0. The van der Waals surface area contributed by atoms with Gasteiger partial charge in [-0.05, 0) is 37.5 Å². The summed E-state index contributed by atoms with van der Waals surface area (Å²) in [5, 5.41) is 7.90. The van der Waals surface area contributed by atoms with Gasteiger partial charge in [0.2, 0.25) is 0 Å². The summed E-state index contributed by atoms with van der Waals surface area (Å²) in [6, 6.07) is 0. The standard InChI is InChI=1S/C17H29N3.ClH/c18-17(13-19-11-15-7-3-1-4-8-15)14-20-12-16-9-5-2-6-10-16;/h11-12,15-16,18H,1-10,13-14H2;1H. The van der Waals surface area contributed by atoms with Crippen molar-refractivity contribution in [3.8, 4) is 0 Å². The Balaban J connectivity index is 0.00000220. The Labute approximate surface area is 135 Å². The highest BCUT2D eigenvalue weighted by Gasteiger charge is 2.11. The second kappa shape index (κ2) is 10.9. The summed E-state index contributed by atoms with van der Waals surface area (Å²) >= 11 is 0. The third kappa shape index (κ3) is 7.75. The predicted octanol–water partition coefficient (Wildman–Crippen LogP) is 4.73. The molecule has 0 aliphatic heterocycles. The van der Waals surface area contributed by atoms with Crippen LogP contribution in [0.15, 0.2) is 9.98 Å². The summed E-state index contributed by atoms with van der Waals surface area (Å²) in [6.07, 6.45) is 17.5. The molecule has 0 unspecified atom stereocenters. The molecule has 2 aliphatic rings. The Morgan fingerprint density at radius 1 is 0.762 bits per heavy atom. The van der Waals surface area contributed by atoms with E-state index in [2.05, 4.69) is 22.4 Å². The monoisotopic (exact) mass is 311 g/mol. The lowest BCUT2D eigenvalue weighted by Crippen LogP contribution is -2.12. The average Bonchev–Trinajstić information content (AvgIpc) is 2.49. The van der Waals surface area contributed by atoms with Crippen molar-refractivity contribution in [2.24, 2.45) is 21.8 Å². The van der Waals surface area contributed by atoms with Crippen LogP contribution in [0.5, 0.6) is 0 Å². The Morgan fingerprint density at radius 2 is 1.14 bits per heavy atom. The maximum Gasteiger partial charge on any atom is 0.0780 e. The molecule has 0 saturated heterocycles. The zero-order chi connectivity index (χ0) is 14.0. The second-order valence-corrected chi connectivity index (χ2v) is 6.38. The lowest BCUT2D eigenvalue weighted by Gasteiger charge is -2.17.